The Morgan fingerprint density at radius 3 is 2.06 bits per heavy atom. The average molecular weight is 475 g/mol. The molecule has 0 spiro atoms. The van der Waals surface area contributed by atoms with Crippen molar-refractivity contribution in [2.45, 2.75) is 20.8 Å². The smallest absolute Gasteiger partial charge is 0.484 e. The fourth-order valence-electron chi connectivity index (χ4n) is 3.48. The first-order valence-electron chi connectivity index (χ1n) is 10.7. The van der Waals surface area contributed by atoms with Crippen LogP contribution in [0.2, 0.25) is 5.02 Å². The predicted octanol–water partition coefficient (Wildman–Crippen LogP) is 3.86. The lowest BCUT2D eigenvalue weighted by Gasteiger charge is -2.34. The van der Waals surface area contributed by atoms with Crippen molar-refractivity contribution in [1.29, 1.82) is 0 Å². The molecule has 0 N–H and O–H groups in total. The summed E-state index contributed by atoms with van der Waals surface area (Å²) in [5, 5.41) is 0.690. The third-order valence-corrected chi connectivity index (χ3v) is 5.85. The van der Waals surface area contributed by atoms with Gasteiger partial charge in [-0.2, -0.15) is 0 Å². The zero-order valence-electron chi connectivity index (χ0n) is 18.9. The maximum Gasteiger partial charge on any atom is 0.513 e. The number of hydrogen-bond acceptors (Lipinski definition) is 6. The van der Waals surface area contributed by atoms with E-state index in [1.807, 2.05) is 26.0 Å². The molecule has 2 amide bonds. The Hall–Kier alpha value is -3.26. The number of benzene rings is 2. The molecule has 0 aromatic heterocycles. The molecular weight excluding hydrogens is 448 g/mol. The number of amides is 2. The molecule has 0 unspecified atom stereocenters. The number of aryl methyl sites for hydroxylation is 2. The van der Waals surface area contributed by atoms with Crippen molar-refractivity contribution in [3.8, 4) is 11.5 Å². The van der Waals surface area contributed by atoms with Gasteiger partial charge in [0.1, 0.15) is 11.5 Å². The first kappa shape index (κ1) is 24.4. The molecule has 2 aromatic rings. The number of hydrogen-bond donors (Lipinski definition) is 0. The highest BCUT2D eigenvalue weighted by Gasteiger charge is 2.25. The number of carbonyl (C=O) groups is 3. The van der Waals surface area contributed by atoms with Crippen LogP contribution in [0.5, 0.6) is 11.5 Å². The van der Waals surface area contributed by atoms with E-state index in [1.165, 1.54) is 0 Å². The SMILES string of the molecule is CCOC(=O)Oc1ccc(C(=O)N2CCN(C(=O)COc3cc(C)c(Cl)c(C)c3)CC2)cc1. The van der Waals surface area contributed by atoms with Crippen LogP contribution in [-0.4, -0.2) is 67.2 Å². The van der Waals surface area contributed by atoms with Gasteiger partial charge in [0.15, 0.2) is 6.61 Å². The number of halogens is 1. The lowest BCUT2D eigenvalue weighted by atomic mass is 10.1. The number of carbonyl (C=O) groups excluding carboxylic acids is 3. The Morgan fingerprint density at radius 1 is 0.909 bits per heavy atom. The van der Waals surface area contributed by atoms with E-state index in [0.29, 0.717) is 48.3 Å². The molecule has 1 saturated heterocycles. The quantitative estimate of drug-likeness (QED) is 0.467. The van der Waals surface area contributed by atoms with Crippen LogP contribution in [0, 0.1) is 13.8 Å². The van der Waals surface area contributed by atoms with Crippen LogP contribution in [0.1, 0.15) is 28.4 Å². The topological polar surface area (TPSA) is 85.4 Å². The van der Waals surface area contributed by atoms with Gasteiger partial charge in [-0.25, -0.2) is 4.79 Å². The van der Waals surface area contributed by atoms with E-state index in [4.69, 9.17) is 25.8 Å². The molecule has 2 aromatic carbocycles. The minimum absolute atomic E-state index is 0.0730. The Labute approximate surface area is 198 Å². The Bertz CT molecular complexity index is 993. The van der Waals surface area contributed by atoms with Crippen LogP contribution >= 0.6 is 11.6 Å². The molecule has 9 heteroatoms. The van der Waals surface area contributed by atoms with Crippen molar-refractivity contribution in [3.05, 3.63) is 58.1 Å². The molecule has 0 bridgehead atoms. The van der Waals surface area contributed by atoms with Crippen LogP contribution < -0.4 is 9.47 Å². The van der Waals surface area contributed by atoms with Gasteiger partial charge in [0.05, 0.1) is 6.61 Å². The average Bonchev–Trinajstić information content (AvgIpc) is 2.81. The zero-order valence-corrected chi connectivity index (χ0v) is 19.7. The molecule has 1 heterocycles. The van der Waals surface area contributed by atoms with E-state index in [9.17, 15) is 14.4 Å². The molecule has 33 heavy (non-hydrogen) atoms. The molecule has 1 fully saturated rings. The summed E-state index contributed by atoms with van der Waals surface area (Å²) in [4.78, 5) is 40.1. The second kappa shape index (κ2) is 11.0. The van der Waals surface area contributed by atoms with Crippen LogP contribution in [0.4, 0.5) is 4.79 Å². The van der Waals surface area contributed by atoms with Crippen LogP contribution in [-0.2, 0) is 9.53 Å². The highest BCUT2D eigenvalue weighted by Crippen LogP contribution is 2.26. The van der Waals surface area contributed by atoms with E-state index in [0.717, 1.165) is 11.1 Å². The van der Waals surface area contributed by atoms with Crippen LogP contribution in [0.15, 0.2) is 36.4 Å². The Morgan fingerprint density at radius 2 is 1.48 bits per heavy atom. The third kappa shape index (κ3) is 6.38. The molecule has 0 radical (unpaired) electrons. The minimum Gasteiger partial charge on any atom is -0.484 e. The summed E-state index contributed by atoms with van der Waals surface area (Å²) in [7, 11) is 0. The fraction of sp³-hybridized carbons (Fsp3) is 0.375. The molecule has 0 aliphatic carbocycles. The maximum atomic E-state index is 12.8. The van der Waals surface area contributed by atoms with Gasteiger partial charge in [-0.15, -0.1) is 0 Å². The van der Waals surface area contributed by atoms with Gasteiger partial charge in [0, 0.05) is 36.8 Å². The summed E-state index contributed by atoms with van der Waals surface area (Å²) in [6.45, 7) is 7.31. The summed E-state index contributed by atoms with van der Waals surface area (Å²) in [5.41, 5.74) is 2.27. The van der Waals surface area contributed by atoms with Crippen molar-refractivity contribution >= 4 is 29.6 Å². The first-order valence-corrected chi connectivity index (χ1v) is 11.1. The van der Waals surface area contributed by atoms with Gasteiger partial charge >= 0.3 is 6.16 Å². The monoisotopic (exact) mass is 474 g/mol. The van der Waals surface area contributed by atoms with Gasteiger partial charge in [-0.05, 0) is 68.3 Å². The van der Waals surface area contributed by atoms with E-state index in [2.05, 4.69) is 0 Å². The van der Waals surface area contributed by atoms with Gasteiger partial charge in [0.25, 0.3) is 11.8 Å². The molecule has 1 aliphatic rings. The number of piperazine rings is 1. The van der Waals surface area contributed by atoms with E-state index in [-0.39, 0.29) is 25.0 Å². The molecule has 3 rings (SSSR count). The first-order chi connectivity index (χ1) is 15.8. The largest absolute Gasteiger partial charge is 0.513 e. The van der Waals surface area contributed by atoms with E-state index < -0.39 is 6.16 Å². The zero-order chi connectivity index (χ0) is 24.0. The van der Waals surface area contributed by atoms with Crippen LogP contribution in [0.25, 0.3) is 0 Å². The molecular formula is C24H27ClN2O6. The minimum atomic E-state index is -0.789. The normalized spacial score (nSPS) is 13.5. The number of nitrogens with zero attached hydrogens (tertiary/aromatic N) is 2. The summed E-state index contributed by atoms with van der Waals surface area (Å²) >= 11 is 6.17. The molecule has 0 atom stereocenters. The second-order valence-corrected chi connectivity index (χ2v) is 8.02. The van der Waals surface area contributed by atoms with Gasteiger partial charge in [-0.1, -0.05) is 11.6 Å². The summed E-state index contributed by atoms with van der Waals surface area (Å²) in [5.74, 6) is 0.624. The van der Waals surface area contributed by atoms with E-state index >= 15 is 0 Å². The second-order valence-electron chi connectivity index (χ2n) is 7.64. The molecule has 0 saturated carbocycles. The molecule has 8 nitrogen and oxygen atoms in total. The predicted molar refractivity (Wildman–Crippen MR) is 123 cm³/mol. The molecule has 1 aliphatic heterocycles. The van der Waals surface area contributed by atoms with Gasteiger partial charge in [0.2, 0.25) is 0 Å². The number of ether oxygens (including phenoxy) is 3. The summed E-state index contributed by atoms with van der Waals surface area (Å²) in [6, 6.07) is 9.89. The van der Waals surface area contributed by atoms with Crippen molar-refractivity contribution in [1.82, 2.24) is 9.80 Å². The third-order valence-electron chi connectivity index (χ3n) is 5.26. The fourth-order valence-corrected chi connectivity index (χ4v) is 3.59. The Balaban J connectivity index is 1.48. The highest BCUT2D eigenvalue weighted by atomic mass is 35.5. The summed E-state index contributed by atoms with van der Waals surface area (Å²) < 4.78 is 15.4. The lowest BCUT2D eigenvalue weighted by molar-refractivity contribution is -0.134. The van der Waals surface area contributed by atoms with Crippen molar-refractivity contribution in [3.63, 3.8) is 0 Å². The Kier molecular flexibility index (Phi) is 8.16. The maximum absolute atomic E-state index is 12.8. The van der Waals surface area contributed by atoms with Crippen molar-refractivity contribution < 1.29 is 28.6 Å². The number of rotatable bonds is 6. The van der Waals surface area contributed by atoms with E-state index in [1.54, 1.807) is 41.0 Å². The van der Waals surface area contributed by atoms with Gasteiger partial charge < -0.3 is 24.0 Å². The van der Waals surface area contributed by atoms with Crippen molar-refractivity contribution in [2.75, 3.05) is 39.4 Å². The standard InChI is InChI=1S/C24H27ClN2O6/c1-4-31-24(30)33-19-7-5-18(6-8-19)23(29)27-11-9-26(10-12-27)21(28)15-32-20-13-16(2)22(25)17(3)14-20/h5-8,13-14H,4,9-12,15H2,1-3H3. The lowest BCUT2D eigenvalue weighted by Crippen LogP contribution is -2.51. The highest BCUT2D eigenvalue weighted by molar-refractivity contribution is 6.32. The van der Waals surface area contributed by atoms with Crippen molar-refractivity contribution in [2.24, 2.45) is 0 Å². The van der Waals surface area contributed by atoms with Gasteiger partial charge in [-0.3, -0.25) is 9.59 Å². The molecule has 176 valence electrons. The van der Waals surface area contributed by atoms with Crippen LogP contribution in [0.3, 0.4) is 0 Å². The summed E-state index contributed by atoms with van der Waals surface area (Å²) in [6.07, 6.45) is -0.789.